The third-order valence-electron chi connectivity index (χ3n) is 2.95. The van der Waals surface area contributed by atoms with Gasteiger partial charge in [-0.1, -0.05) is 0 Å². The quantitative estimate of drug-likeness (QED) is 0.678. The van der Waals surface area contributed by atoms with Crippen LogP contribution in [-0.2, 0) is 0 Å². The number of amides is 1. The highest BCUT2D eigenvalue weighted by Crippen LogP contribution is 2.15. The van der Waals surface area contributed by atoms with E-state index in [0.717, 1.165) is 6.54 Å². The number of anilines is 2. The van der Waals surface area contributed by atoms with Crippen LogP contribution in [0.15, 0.2) is 18.2 Å². The highest BCUT2D eigenvalue weighted by Gasteiger charge is 2.10. The van der Waals surface area contributed by atoms with Crippen molar-refractivity contribution in [3.8, 4) is 0 Å². The second kappa shape index (κ2) is 6.26. The van der Waals surface area contributed by atoms with E-state index in [4.69, 9.17) is 11.5 Å². The van der Waals surface area contributed by atoms with Crippen LogP contribution in [0.5, 0.6) is 0 Å². The van der Waals surface area contributed by atoms with Gasteiger partial charge in [-0.2, -0.15) is 0 Å². The van der Waals surface area contributed by atoms with Crippen LogP contribution >= 0.6 is 0 Å². The van der Waals surface area contributed by atoms with E-state index in [1.165, 1.54) is 0 Å². The molecule has 0 atom stereocenters. The molecular weight excluding hydrogens is 228 g/mol. The maximum Gasteiger partial charge on any atom is 0.253 e. The number of nitrogens with one attached hydrogen (secondary N) is 1. The predicted octanol–water partition coefficient (Wildman–Crippen LogP) is 0.921. The monoisotopic (exact) mass is 250 g/mol. The molecule has 0 heterocycles. The van der Waals surface area contributed by atoms with Crippen LogP contribution in [0.3, 0.4) is 0 Å². The Hall–Kier alpha value is -1.75. The molecule has 0 aromatic heterocycles. The second-order valence-electron chi connectivity index (χ2n) is 4.68. The second-order valence-corrected chi connectivity index (χ2v) is 4.68. The molecule has 0 spiro atoms. The number of nitrogen functional groups attached to an aromatic ring is 2. The minimum atomic E-state index is -0.162. The average Bonchev–Trinajstić information content (AvgIpc) is 2.28. The van der Waals surface area contributed by atoms with Crippen LogP contribution in [0.25, 0.3) is 0 Å². The van der Waals surface area contributed by atoms with E-state index in [2.05, 4.69) is 24.1 Å². The Labute approximate surface area is 108 Å². The predicted molar refractivity (Wildman–Crippen MR) is 75.4 cm³/mol. The highest BCUT2D eigenvalue weighted by molar-refractivity contribution is 5.99. The van der Waals surface area contributed by atoms with Crippen molar-refractivity contribution in [3.63, 3.8) is 0 Å². The molecule has 5 heteroatoms. The highest BCUT2D eigenvalue weighted by atomic mass is 16.1. The molecule has 0 unspecified atom stereocenters. The zero-order valence-electron chi connectivity index (χ0n) is 11.2. The summed E-state index contributed by atoms with van der Waals surface area (Å²) in [5, 5.41) is 2.84. The minimum Gasteiger partial charge on any atom is -0.399 e. The maximum absolute atomic E-state index is 11.9. The van der Waals surface area contributed by atoms with Gasteiger partial charge >= 0.3 is 0 Å². The van der Waals surface area contributed by atoms with E-state index in [1.807, 2.05) is 7.05 Å². The number of likely N-dealkylation sites (N-methyl/N-ethyl adjacent to an activating group) is 1. The number of carbonyl (C=O) groups is 1. The fourth-order valence-electron chi connectivity index (χ4n) is 1.49. The van der Waals surface area contributed by atoms with Crippen molar-refractivity contribution < 1.29 is 4.79 Å². The van der Waals surface area contributed by atoms with Crippen LogP contribution < -0.4 is 16.8 Å². The first-order valence-electron chi connectivity index (χ1n) is 6.05. The maximum atomic E-state index is 11.9. The number of hydrogen-bond acceptors (Lipinski definition) is 4. The Bertz CT molecular complexity index is 417. The van der Waals surface area contributed by atoms with E-state index in [-0.39, 0.29) is 5.91 Å². The Morgan fingerprint density at radius 2 is 2.06 bits per heavy atom. The Kier molecular flexibility index (Phi) is 4.97. The zero-order valence-corrected chi connectivity index (χ0v) is 11.2. The molecule has 1 rings (SSSR count). The van der Waals surface area contributed by atoms with Gasteiger partial charge in [-0.25, -0.2) is 0 Å². The summed E-state index contributed by atoms with van der Waals surface area (Å²) in [4.78, 5) is 14.0. The summed E-state index contributed by atoms with van der Waals surface area (Å²) in [6.07, 6.45) is 0. The van der Waals surface area contributed by atoms with Crippen molar-refractivity contribution in [2.45, 2.75) is 19.9 Å². The summed E-state index contributed by atoms with van der Waals surface area (Å²) in [5.74, 6) is -0.162. The normalized spacial score (nSPS) is 10.9. The third kappa shape index (κ3) is 3.92. The number of nitrogens with zero attached hydrogens (tertiary/aromatic N) is 1. The van der Waals surface area contributed by atoms with Crippen LogP contribution in [0.1, 0.15) is 24.2 Å². The van der Waals surface area contributed by atoms with Crippen molar-refractivity contribution in [2.24, 2.45) is 0 Å². The molecule has 0 aliphatic carbocycles. The van der Waals surface area contributed by atoms with Gasteiger partial charge in [0.25, 0.3) is 5.91 Å². The first kappa shape index (κ1) is 14.3. The smallest absolute Gasteiger partial charge is 0.253 e. The summed E-state index contributed by atoms with van der Waals surface area (Å²) in [7, 11) is 2.02. The van der Waals surface area contributed by atoms with Gasteiger partial charge in [0.15, 0.2) is 0 Å². The topological polar surface area (TPSA) is 84.4 Å². The summed E-state index contributed by atoms with van der Waals surface area (Å²) in [6, 6.07) is 5.37. The van der Waals surface area contributed by atoms with Gasteiger partial charge in [-0.15, -0.1) is 0 Å². The molecule has 18 heavy (non-hydrogen) atoms. The fourth-order valence-corrected chi connectivity index (χ4v) is 1.49. The van der Waals surface area contributed by atoms with Crippen molar-refractivity contribution in [1.29, 1.82) is 0 Å². The largest absolute Gasteiger partial charge is 0.399 e. The molecule has 5 nitrogen and oxygen atoms in total. The molecule has 100 valence electrons. The molecule has 0 saturated heterocycles. The molecule has 0 bridgehead atoms. The first-order valence-corrected chi connectivity index (χ1v) is 6.05. The molecule has 0 aliphatic rings. The molecule has 0 radical (unpaired) electrons. The van der Waals surface area contributed by atoms with E-state index in [1.54, 1.807) is 18.2 Å². The van der Waals surface area contributed by atoms with E-state index in [9.17, 15) is 4.79 Å². The lowest BCUT2D eigenvalue weighted by atomic mass is 10.1. The summed E-state index contributed by atoms with van der Waals surface area (Å²) < 4.78 is 0. The number of carbonyl (C=O) groups excluding carboxylic acids is 1. The number of rotatable bonds is 5. The number of benzene rings is 1. The molecule has 1 aromatic carbocycles. The van der Waals surface area contributed by atoms with Crippen LogP contribution in [0.2, 0.25) is 0 Å². The first-order chi connectivity index (χ1) is 8.41. The summed E-state index contributed by atoms with van der Waals surface area (Å²) in [5.41, 5.74) is 12.8. The van der Waals surface area contributed by atoms with Crippen molar-refractivity contribution in [2.75, 3.05) is 31.6 Å². The molecular formula is C13H22N4O. The van der Waals surface area contributed by atoms with Crippen LogP contribution in [0.4, 0.5) is 11.4 Å². The standard InChI is InChI=1S/C13H22N4O/c1-9(2)17(3)7-6-16-13(18)11-5-4-10(14)8-12(11)15/h4-5,8-9H,6-7,14-15H2,1-3H3,(H,16,18). The number of nitrogens with two attached hydrogens (primary N) is 2. The lowest BCUT2D eigenvalue weighted by molar-refractivity contribution is 0.0949. The molecule has 1 amide bonds. The Balaban J connectivity index is 2.51. The van der Waals surface area contributed by atoms with E-state index < -0.39 is 0 Å². The Morgan fingerprint density at radius 1 is 1.39 bits per heavy atom. The summed E-state index contributed by atoms with van der Waals surface area (Å²) in [6.45, 7) is 5.62. The molecule has 0 aliphatic heterocycles. The van der Waals surface area contributed by atoms with Crippen molar-refractivity contribution in [1.82, 2.24) is 10.2 Å². The summed E-state index contributed by atoms with van der Waals surface area (Å²) >= 11 is 0. The molecule has 0 saturated carbocycles. The van der Waals surface area contributed by atoms with Gasteiger partial charge in [-0.05, 0) is 39.1 Å². The zero-order chi connectivity index (χ0) is 13.7. The van der Waals surface area contributed by atoms with Gasteiger partial charge < -0.3 is 21.7 Å². The lowest BCUT2D eigenvalue weighted by Crippen LogP contribution is -2.36. The minimum absolute atomic E-state index is 0.162. The van der Waals surface area contributed by atoms with E-state index in [0.29, 0.717) is 29.5 Å². The van der Waals surface area contributed by atoms with E-state index >= 15 is 0 Å². The van der Waals surface area contributed by atoms with Crippen LogP contribution in [0, 0.1) is 0 Å². The SMILES string of the molecule is CC(C)N(C)CCNC(=O)c1ccc(N)cc1N. The Morgan fingerprint density at radius 3 is 2.61 bits per heavy atom. The molecule has 5 N–H and O–H groups in total. The van der Waals surface area contributed by atoms with Gasteiger partial charge in [0, 0.05) is 30.5 Å². The van der Waals surface area contributed by atoms with Crippen molar-refractivity contribution >= 4 is 17.3 Å². The molecule has 1 aromatic rings. The van der Waals surface area contributed by atoms with Gasteiger partial charge in [-0.3, -0.25) is 4.79 Å². The molecule has 0 fully saturated rings. The van der Waals surface area contributed by atoms with Gasteiger partial charge in [0.2, 0.25) is 0 Å². The van der Waals surface area contributed by atoms with Gasteiger partial charge in [0.1, 0.15) is 0 Å². The number of hydrogen-bond donors (Lipinski definition) is 3. The van der Waals surface area contributed by atoms with Gasteiger partial charge in [0.05, 0.1) is 5.56 Å². The van der Waals surface area contributed by atoms with Crippen molar-refractivity contribution in [3.05, 3.63) is 23.8 Å². The fraction of sp³-hybridized carbons (Fsp3) is 0.462. The van der Waals surface area contributed by atoms with Crippen LogP contribution in [-0.4, -0.2) is 37.0 Å². The average molecular weight is 250 g/mol. The lowest BCUT2D eigenvalue weighted by Gasteiger charge is -2.21. The third-order valence-corrected chi connectivity index (χ3v) is 2.95.